The van der Waals surface area contributed by atoms with Crippen molar-refractivity contribution in [2.75, 3.05) is 6.54 Å². The second-order valence-electron chi connectivity index (χ2n) is 13.0. The zero-order valence-electron chi connectivity index (χ0n) is 26.4. The minimum atomic E-state index is -4.03. The van der Waals surface area contributed by atoms with Gasteiger partial charge in [0.1, 0.15) is 12.1 Å². The van der Waals surface area contributed by atoms with E-state index in [4.69, 9.17) is 9.15 Å². The van der Waals surface area contributed by atoms with E-state index < -0.39 is 21.7 Å². The highest BCUT2D eigenvalue weighted by Gasteiger charge is 2.51. The molecule has 9 nitrogen and oxygen atoms in total. The molecule has 2 aliphatic heterocycles. The molecule has 47 heavy (non-hydrogen) atoms. The fourth-order valence-corrected chi connectivity index (χ4v) is 8.37. The first-order chi connectivity index (χ1) is 22.8. The lowest BCUT2D eigenvalue weighted by atomic mass is 9.75. The molecule has 3 aliphatic rings. The molecule has 2 bridgehead atoms. The van der Waals surface area contributed by atoms with Gasteiger partial charge in [-0.05, 0) is 73.1 Å². The summed E-state index contributed by atoms with van der Waals surface area (Å²) < 4.78 is 53.7. The maximum atomic E-state index is 14.5. The summed E-state index contributed by atoms with van der Waals surface area (Å²) in [6.07, 6.45) is 15.9. The van der Waals surface area contributed by atoms with Crippen molar-refractivity contribution in [1.29, 1.82) is 0 Å². The average Bonchev–Trinajstić information content (AvgIpc) is 3.82. The zero-order chi connectivity index (χ0) is 32.8. The van der Waals surface area contributed by atoms with Crippen molar-refractivity contribution in [1.82, 2.24) is 15.0 Å². The molecule has 2 aromatic carbocycles. The second-order valence-corrected chi connectivity index (χ2v) is 14.7. The Labute approximate surface area is 275 Å². The quantitative estimate of drug-likeness (QED) is 0.162. The van der Waals surface area contributed by atoms with Gasteiger partial charge in [-0.2, -0.15) is 0 Å². The first kappa shape index (κ1) is 33.1. The monoisotopic (exact) mass is 663 g/mol. The Morgan fingerprint density at radius 1 is 0.979 bits per heavy atom. The fraction of sp³-hybridized carbons (Fsp3) is 0.472. The van der Waals surface area contributed by atoms with E-state index in [1.807, 2.05) is 4.72 Å². The van der Waals surface area contributed by atoms with Crippen LogP contribution in [0.1, 0.15) is 97.6 Å². The van der Waals surface area contributed by atoms with E-state index in [2.05, 4.69) is 10.3 Å². The number of nitrogens with zero attached hydrogens (tertiary/aromatic N) is 1. The number of sulfonamides is 1. The minimum Gasteiger partial charge on any atom is -0.448 e. The number of carbonyl (C=O) groups excluding carboxylic acids is 2. The summed E-state index contributed by atoms with van der Waals surface area (Å²) in [5, 5.41) is 2.97. The molecule has 250 valence electrons. The van der Waals surface area contributed by atoms with Crippen molar-refractivity contribution in [3.05, 3.63) is 89.4 Å². The Hall–Kier alpha value is -3.83. The number of benzene rings is 2. The third-order valence-corrected chi connectivity index (χ3v) is 11.1. The number of oxazole rings is 1. The van der Waals surface area contributed by atoms with E-state index in [-0.39, 0.29) is 40.5 Å². The van der Waals surface area contributed by atoms with Crippen LogP contribution in [0.3, 0.4) is 0 Å². The topological polar surface area (TPSA) is 128 Å². The Morgan fingerprint density at radius 3 is 2.57 bits per heavy atom. The fourth-order valence-electron chi connectivity index (χ4n) is 7.41. The molecule has 0 spiro atoms. The van der Waals surface area contributed by atoms with Crippen molar-refractivity contribution < 1.29 is 31.6 Å². The first-order valence-electron chi connectivity index (χ1n) is 16.7. The van der Waals surface area contributed by atoms with Crippen LogP contribution >= 0.6 is 0 Å². The van der Waals surface area contributed by atoms with Gasteiger partial charge in [-0.15, -0.1) is 0 Å². The van der Waals surface area contributed by atoms with Crippen LogP contribution in [0, 0.1) is 17.7 Å². The van der Waals surface area contributed by atoms with Crippen LogP contribution in [0.2, 0.25) is 0 Å². The van der Waals surface area contributed by atoms with Gasteiger partial charge >= 0.3 is 0 Å². The molecule has 1 aromatic heterocycles. The molecule has 3 fully saturated rings. The van der Waals surface area contributed by atoms with E-state index in [1.165, 1.54) is 75.1 Å². The van der Waals surface area contributed by atoms with Gasteiger partial charge in [0.15, 0.2) is 5.69 Å². The average molecular weight is 664 g/mol. The van der Waals surface area contributed by atoms with E-state index in [0.29, 0.717) is 30.0 Å². The maximum absolute atomic E-state index is 14.5. The molecule has 6 rings (SSSR count). The lowest BCUT2D eigenvalue weighted by Crippen LogP contribution is -2.29. The number of aromatic nitrogens is 1. The Morgan fingerprint density at radius 2 is 1.77 bits per heavy atom. The Balaban J connectivity index is 1.09. The third kappa shape index (κ3) is 8.19. The predicted molar refractivity (Wildman–Crippen MR) is 174 cm³/mol. The van der Waals surface area contributed by atoms with Crippen LogP contribution in [0.15, 0.2) is 70.2 Å². The van der Waals surface area contributed by atoms with Crippen LogP contribution in [0.4, 0.5) is 4.39 Å². The molecule has 4 atom stereocenters. The van der Waals surface area contributed by atoms with Crippen LogP contribution in [-0.2, 0) is 26.0 Å². The normalized spacial score (nSPS) is 22.9. The van der Waals surface area contributed by atoms with Gasteiger partial charge in [0.05, 0.1) is 23.0 Å². The minimum absolute atomic E-state index is 0.0245. The largest absolute Gasteiger partial charge is 0.448 e. The van der Waals surface area contributed by atoms with Crippen LogP contribution in [0.25, 0.3) is 6.08 Å². The highest BCUT2D eigenvalue weighted by atomic mass is 32.2. The van der Waals surface area contributed by atoms with Gasteiger partial charge in [0, 0.05) is 18.5 Å². The summed E-state index contributed by atoms with van der Waals surface area (Å²) in [6.45, 7) is 0.597. The number of fused-ring (bicyclic) bond motifs is 2. The van der Waals surface area contributed by atoms with Gasteiger partial charge < -0.3 is 14.5 Å². The van der Waals surface area contributed by atoms with Crippen molar-refractivity contribution in [2.24, 2.45) is 11.8 Å². The number of hydrogen-bond donors (Lipinski definition) is 2. The maximum Gasteiger partial charge on any atom is 0.273 e. The van der Waals surface area contributed by atoms with Crippen molar-refractivity contribution >= 4 is 27.9 Å². The van der Waals surface area contributed by atoms with Crippen LogP contribution < -0.4 is 10.0 Å². The van der Waals surface area contributed by atoms with Gasteiger partial charge in [0.25, 0.3) is 21.8 Å². The lowest BCUT2D eigenvalue weighted by Gasteiger charge is -2.26. The second kappa shape index (κ2) is 14.9. The molecular weight excluding hydrogens is 621 g/mol. The highest BCUT2D eigenvalue weighted by Crippen LogP contribution is 2.50. The highest BCUT2D eigenvalue weighted by molar-refractivity contribution is 7.90. The van der Waals surface area contributed by atoms with E-state index in [9.17, 15) is 22.4 Å². The zero-order valence-corrected chi connectivity index (χ0v) is 27.2. The van der Waals surface area contributed by atoms with E-state index in [0.717, 1.165) is 37.7 Å². The molecule has 11 heteroatoms. The van der Waals surface area contributed by atoms with E-state index >= 15 is 0 Å². The van der Waals surface area contributed by atoms with E-state index in [1.54, 1.807) is 24.3 Å². The van der Waals surface area contributed by atoms with Gasteiger partial charge in [-0.25, -0.2) is 22.5 Å². The molecule has 0 radical (unpaired) electrons. The molecule has 1 aliphatic carbocycles. The first-order valence-corrected chi connectivity index (χ1v) is 18.2. The summed E-state index contributed by atoms with van der Waals surface area (Å²) in [7, 11) is -4.03. The summed E-state index contributed by atoms with van der Waals surface area (Å²) in [6, 6.07) is 11.9. The van der Waals surface area contributed by atoms with Crippen LogP contribution in [0.5, 0.6) is 0 Å². The molecule has 2 saturated heterocycles. The smallest absolute Gasteiger partial charge is 0.273 e. The number of hydrogen-bond acceptors (Lipinski definition) is 7. The summed E-state index contributed by atoms with van der Waals surface area (Å²) in [4.78, 5) is 30.0. The molecule has 3 aromatic rings. The van der Waals surface area contributed by atoms with Gasteiger partial charge in [-0.1, -0.05) is 69.2 Å². The van der Waals surface area contributed by atoms with Gasteiger partial charge in [0.2, 0.25) is 5.89 Å². The molecular formula is C36H42FN3O6S. The summed E-state index contributed by atoms with van der Waals surface area (Å²) in [5.74, 6) is -0.554. The molecule has 1 saturated carbocycles. The van der Waals surface area contributed by atoms with Crippen molar-refractivity contribution in [2.45, 2.75) is 93.7 Å². The number of rotatable bonds is 13. The third-order valence-electron chi connectivity index (χ3n) is 9.78. The number of carbonyl (C=O) groups is 2. The molecule has 4 unspecified atom stereocenters. The molecule has 3 heterocycles. The number of ether oxygens (including phenoxy) is 1. The Bertz CT molecular complexity index is 1690. The SMILES string of the molecule is O=C(/C=C/c1ccc(F)cc1CC1C2CCC(O2)C1c1nc(C(=O)NCCCCC2CCCCC2)co1)NS(=O)(=O)c1ccccc1. The lowest BCUT2D eigenvalue weighted by molar-refractivity contribution is -0.114. The Kier molecular flexibility index (Phi) is 10.5. The standard InChI is InChI=1S/C36H42FN3O6S/c37-27-16-14-25(15-19-33(41)40-47(43,44)28-12-5-2-6-13-28)26(21-27)22-29-31-17-18-32(46-31)34(29)36-39-30(23-45-36)35(42)38-20-8-7-11-24-9-3-1-4-10-24/h2,5-6,12-16,19,21,23-24,29,31-32,34H,1,3-4,7-11,17-18,20,22H2,(H,38,42)(H,40,41)/b19-15+. The predicted octanol–water partition coefficient (Wildman–Crippen LogP) is 6.32. The number of nitrogens with one attached hydrogen (secondary N) is 2. The number of amides is 2. The molecule has 2 amide bonds. The van der Waals surface area contributed by atoms with Crippen molar-refractivity contribution in [3.63, 3.8) is 0 Å². The van der Waals surface area contributed by atoms with Crippen molar-refractivity contribution in [3.8, 4) is 0 Å². The number of unbranched alkanes of at least 4 members (excludes halogenated alkanes) is 1. The number of halogens is 1. The summed E-state index contributed by atoms with van der Waals surface area (Å²) in [5.41, 5.74) is 1.46. The summed E-state index contributed by atoms with van der Waals surface area (Å²) >= 11 is 0. The van der Waals surface area contributed by atoms with Gasteiger partial charge in [-0.3, -0.25) is 9.59 Å². The van der Waals surface area contributed by atoms with Crippen LogP contribution in [-0.4, -0.2) is 44.0 Å². The molecule has 2 N–H and O–H groups in total.